The fourth-order valence-corrected chi connectivity index (χ4v) is 3.00. The Morgan fingerprint density at radius 1 is 1.44 bits per heavy atom. The van der Waals surface area contributed by atoms with E-state index in [1.165, 1.54) is 0 Å². The van der Waals surface area contributed by atoms with Gasteiger partial charge in [0.1, 0.15) is 6.10 Å². The molecule has 3 unspecified atom stereocenters. The first kappa shape index (κ1) is 14.0. The Labute approximate surface area is 109 Å². The van der Waals surface area contributed by atoms with Crippen LogP contribution in [0.3, 0.4) is 0 Å². The molecule has 0 aromatic rings. The first-order valence-electron chi connectivity index (χ1n) is 7.08. The standard InChI is InChI=1S/C14H24O4/c1-3-12(17-4-2)13(15)11-5-7-18-14(9-11)6-8-16-10-14/h11-12H,3-10H2,1-2H3. The fourth-order valence-electron chi connectivity index (χ4n) is 3.00. The zero-order valence-electron chi connectivity index (χ0n) is 11.4. The predicted octanol–water partition coefficient (Wildman–Crippen LogP) is 1.96. The molecule has 0 bridgehead atoms. The number of carbonyl (C=O) groups excluding carboxylic acids is 1. The Hall–Kier alpha value is -0.450. The van der Waals surface area contributed by atoms with Gasteiger partial charge >= 0.3 is 0 Å². The summed E-state index contributed by atoms with van der Waals surface area (Å²) in [6.45, 7) is 6.61. The first-order valence-corrected chi connectivity index (χ1v) is 7.08. The van der Waals surface area contributed by atoms with Crippen LogP contribution in [0, 0.1) is 5.92 Å². The van der Waals surface area contributed by atoms with Crippen LogP contribution in [0.1, 0.15) is 39.5 Å². The normalized spacial score (nSPS) is 33.8. The van der Waals surface area contributed by atoms with E-state index >= 15 is 0 Å². The van der Waals surface area contributed by atoms with Crippen LogP contribution in [0.15, 0.2) is 0 Å². The smallest absolute Gasteiger partial charge is 0.164 e. The maximum atomic E-state index is 12.4. The van der Waals surface area contributed by atoms with Crippen molar-refractivity contribution in [2.45, 2.75) is 51.2 Å². The third-order valence-electron chi connectivity index (χ3n) is 4.02. The highest BCUT2D eigenvalue weighted by atomic mass is 16.6. The summed E-state index contributed by atoms with van der Waals surface area (Å²) < 4.78 is 16.8. The lowest BCUT2D eigenvalue weighted by Gasteiger charge is -2.37. The molecular weight excluding hydrogens is 232 g/mol. The summed E-state index contributed by atoms with van der Waals surface area (Å²) >= 11 is 0. The topological polar surface area (TPSA) is 44.8 Å². The van der Waals surface area contributed by atoms with E-state index in [0.717, 1.165) is 32.3 Å². The highest BCUT2D eigenvalue weighted by Gasteiger charge is 2.43. The van der Waals surface area contributed by atoms with Crippen molar-refractivity contribution in [3.05, 3.63) is 0 Å². The van der Waals surface area contributed by atoms with Crippen molar-refractivity contribution in [3.63, 3.8) is 0 Å². The monoisotopic (exact) mass is 256 g/mol. The minimum atomic E-state index is -0.238. The van der Waals surface area contributed by atoms with E-state index in [9.17, 15) is 4.79 Å². The van der Waals surface area contributed by atoms with E-state index in [-0.39, 0.29) is 23.4 Å². The molecule has 2 heterocycles. The van der Waals surface area contributed by atoms with Crippen molar-refractivity contribution in [1.29, 1.82) is 0 Å². The molecule has 0 amide bonds. The van der Waals surface area contributed by atoms with Gasteiger partial charge in [-0.15, -0.1) is 0 Å². The van der Waals surface area contributed by atoms with E-state index in [0.29, 0.717) is 19.8 Å². The van der Waals surface area contributed by atoms with Crippen molar-refractivity contribution in [3.8, 4) is 0 Å². The van der Waals surface area contributed by atoms with Gasteiger partial charge in [-0.1, -0.05) is 6.92 Å². The summed E-state index contributed by atoms with van der Waals surface area (Å²) in [5.74, 6) is 0.339. The van der Waals surface area contributed by atoms with Gasteiger partial charge in [0.2, 0.25) is 0 Å². The van der Waals surface area contributed by atoms with Crippen LogP contribution in [-0.4, -0.2) is 43.9 Å². The molecule has 104 valence electrons. The Morgan fingerprint density at radius 3 is 2.89 bits per heavy atom. The van der Waals surface area contributed by atoms with Crippen molar-refractivity contribution < 1.29 is 19.0 Å². The van der Waals surface area contributed by atoms with E-state index in [4.69, 9.17) is 14.2 Å². The maximum Gasteiger partial charge on any atom is 0.164 e. The van der Waals surface area contributed by atoms with Crippen LogP contribution in [0.4, 0.5) is 0 Å². The molecule has 4 nitrogen and oxygen atoms in total. The lowest BCUT2D eigenvalue weighted by Crippen LogP contribution is -2.44. The van der Waals surface area contributed by atoms with Gasteiger partial charge in [-0.2, -0.15) is 0 Å². The summed E-state index contributed by atoms with van der Waals surface area (Å²) in [5, 5.41) is 0. The molecule has 2 aliphatic heterocycles. The molecule has 0 radical (unpaired) electrons. The average Bonchev–Trinajstić information content (AvgIpc) is 2.83. The number of hydrogen-bond acceptors (Lipinski definition) is 4. The molecule has 0 aromatic heterocycles. The third kappa shape index (κ3) is 2.92. The molecule has 3 atom stereocenters. The molecule has 2 rings (SSSR count). The summed E-state index contributed by atoms with van der Waals surface area (Å²) in [6, 6.07) is 0. The summed E-state index contributed by atoms with van der Waals surface area (Å²) in [4.78, 5) is 12.4. The van der Waals surface area contributed by atoms with E-state index in [2.05, 4.69) is 0 Å². The highest BCUT2D eigenvalue weighted by Crippen LogP contribution is 2.36. The van der Waals surface area contributed by atoms with E-state index in [1.807, 2.05) is 13.8 Å². The average molecular weight is 256 g/mol. The molecule has 2 fully saturated rings. The number of ether oxygens (including phenoxy) is 3. The molecule has 0 aliphatic carbocycles. The Balaban J connectivity index is 1.97. The quantitative estimate of drug-likeness (QED) is 0.754. The molecule has 2 aliphatic rings. The lowest BCUT2D eigenvalue weighted by atomic mass is 9.81. The number of carbonyl (C=O) groups is 1. The highest BCUT2D eigenvalue weighted by molar-refractivity contribution is 5.85. The molecule has 18 heavy (non-hydrogen) atoms. The van der Waals surface area contributed by atoms with Crippen molar-refractivity contribution in [1.82, 2.24) is 0 Å². The number of ketones is 1. The van der Waals surface area contributed by atoms with E-state index < -0.39 is 0 Å². The van der Waals surface area contributed by atoms with Gasteiger partial charge in [0, 0.05) is 32.2 Å². The molecule has 2 saturated heterocycles. The molecule has 4 heteroatoms. The number of Topliss-reactive ketones (excluding diaryl/α,β-unsaturated/α-hetero) is 1. The zero-order valence-corrected chi connectivity index (χ0v) is 11.4. The summed E-state index contributed by atoms with van der Waals surface area (Å²) in [6.07, 6.45) is 3.06. The molecule has 0 aromatic carbocycles. The number of hydrogen-bond donors (Lipinski definition) is 0. The van der Waals surface area contributed by atoms with Crippen LogP contribution >= 0.6 is 0 Å². The first-order chi connectivity index (χ1) is 8.71. The van der Waals surface area contributed by atoms with Crippen molar-refractivity contribution in [2.24, 2.45) is 5.92 Å². The van der Waals surface area contributed by atoms with Crippen LogP contribution in [-0.2, 0) is 19.0 Å². The van der Waals surface area contributed by atoms with Gasteiger partial charge in [-0.25, -0.2) is 0 Å². The van der Waals surface area contributed by atoms with Gasteiger partial charge in [-0.05, 0) is 26.2 Å². The maximum absolute atomic E-state index is 12.4. The van der Waals surface area contributed by atoms with Crippen molar-refractivity contribution >= 4 is 5.78 Å². The van der Waals surface area contributed by atoms with Gasteiger partial charge in [0.05, 0.1) is 12.2 Å². The minimum absolute atomic E-state index is 0.0805. The predicted molar refractivity (Wildman–Crippen MR) is 67.6 cm³/mol. The largest absolute Gasteiger partial charge is 0.378 e. The van der Waals surface area contributed by atoms with Crippen LogP contribution in [0.25, 0.3) is 0 Å². The fraction of sp³-hybridized carbons (Fsp3) is 0.929. The third-order valence-corrected chi connectivity index (χ3v) is 4.02. The molecule has 0 saturated carbocycles. The zero-order chi connectivity index (χ0) is 13.0. The molecular formula is C14H24O4. The summed E-state index contributed by atoms with van der Waals surface area (Å²) in [7, 11) is 0. The Morgan fingerprint density at radius 2 is 2.28 bits per heavy atom. The summed E-state index contributed by atoms with van der Waals surface area (Å²) in [5.41, 5.74) is -0.191. The minimum Gasteiger partial charge on any atom is -0.378 e. The Bertz CT molecular complexity index is 284. The van der Waals surface area contributed by atoms with Crippen LogP contribution in [0.5, 0.6) is 0 Å². The van der Waals surface area contributed by atoms with E-state index in [1.54, 1.807) is 0 Å². The van der Waals surface area contributed by atoms with Gasteiger partial charge < -0.3 is 14.2 Å². The second-order valence-electron chi connectivity index (χ2n) is 5.28. The van der Waals surface area contributed by atoms with Crippen LogP contribution < -0.4 is 0 Å². The molecule has 0 N–H and O–H groups in total. The van der Waals surface area contributed by atoms with Crippen LogP contribution in [0.2, 0.25) is 0 Å². The Kier molecular flexibility index (Phi) is 4.76. The second-order valence-corrected chi connectivity index (χ2v) is 5.28. The van der Waals surface area contributed by atoms with Gasteiger partial charge in [-0.3, -0.25) is 4.79 Å². The lowest BCUT2D eigenvalue weighted by molar-refractivity contribution is -0.147. The van der Waals surface area contributed by atoms with Gasteiger partial charge in [0.15, 0.2) is 5.78 Å². The van der Waals surface area contributed by atoms with Gasteiger partial charge in [0.25, 0.3) is 0 Å². The van der Waals surface area contributed by atoms with Crippen molar-refractivity contribution in [2.75, 3.05) is 26.4 Å². The second kappa shape index (κ2) is 6.13. The SMILES string of the molecule is CCOC(CC)C(=O)C1CCOC2(CCOC2)C1. The molecule has 1 spiro atoms. The number of rotatable bonds is 5.